The van der Waals surface area contributed by atoms with E-state index >= 15 is 0 Å². The topological polar surface area (TPSA) is 82.1 Å². The molecule has 0 bridgehead atoms. The van der Waals surface area contributed by atoms with Crippen molar-refractivity contribution in [1.82, 2.24) is 4.90 Å². The normalized spacial score (nSPS) is 14.5. The quantitative estimate of drug-likeness (QED) is 0.237. The van der Waals surface area contributed by atoms with E-state index in [2.05, 4.69) is 6.58 Å². The first-order valence-electron chi connectivity index (χ1n) is 11.8. The summed E-state index contributed by atoms with van der Waals surface area (Å²) in [5.74, 6) is -0.385. The number of amides is 1. The average Bonchev–Trinajstić information content (AvgIpc) is 3.27. The third kappa shape index (κ3) is 9.68. The van der Waals surface area contributed by atoms with Gasteiger partial charge in [0.15, 0.2) is 0 Å². The van der Waals surface area contributed by atoms with E-state index in [0.29, 0.717) is 12.8 Å². The summed E-state index contributed by atoms with van der Waals surface area (Å²) in [5, 5.41) is 0. The Labute approximate surface area is 197 Å². The summed E-state index contributed by atoms with van der Waals surface area (Å²) in [5.41, 5.74) is 0.907. The number of rotatable bonds is 12. The number of hydrogen-bond donors (Lipinski definition) is 0. The van der Waals surface area contributed by atoms with E-state index in [1.807, 2.05) is 44.2 Å². The van der Waals surface area contributed by atoms with Crippen molar-refractivity contribution in [2.24, 2.45) is 5.92 Å². The highest BCUT2D eigenvalue weighted by Gasteiger charge is 2.34. The standard InChI is InChI=1S/C26H37NO6/c1-19(2)17-23(25(29)33-22-13-8-9-14-22)27(26(30)32-20(3)4)16-10-15-24(28)31-18-21-11-6-5-7-12-21/h5-7,11-12,19,22-23H,3,8-10,13-18H2,1-2,4H3/t23-/m0/s1. The fourth-order valence-electron chi connectivity index (χ4n) is 3.83. The molecule has 2 rings (SSSR count). The molecule has 1 atom stereocenters. The summed E-state index contributed by atoms with van der Waals surface area (Å²) in [7, 11) is 0. The predicted molar refractivity (Wildman–Crippen MR) is 125 cm³/mol. The Morgan fingerprint density at radius 2 is 1.79 bits per heavy atom. The molecule has 33 heavy (non-hydrogen) atoms. The second-order valence-corrected chi connectivity index (χ2v) is 9.00. The highest BCUT2D eigenvalue weighted by molar-refractivity contribution is 5.82. The molecule has 7 heteroatoms. The molecule has 0 aliphatic heterocycles. The number of hydrogen-bond acceptors (Lipinski definition) is 6. The minimum atomic E-state index is -0.780. The number of esters is 2. The molecule has 0 N–H and O–H groups in total. The zero-order chi connectivity index (χ0) is 24.2. The maximum Gasteiger partial charge on any atom is 0.415 e. The average molecular weight is 460 g/mol. The second-order valence-electron chi connectivity index (χ2n) is 9.00. The maximum atomic E-state index is 13.0. The van der Waals surface area contributed by atoms with Gasteiger partial charge in [-0.25, -0.2) is 9.59 Å². The van der Waals surface area contributed by atoms with Crippen molar-refractivity contribution in [3.8, 4) is 0 Å². The Bertz CT molecular complexity index is 785. The van der Waals surface area contributed by atoms with Gasteiger partial charge in [-0.15, -0.1) is 0 Å². The van der Waals surface area contributed by atoms with Crippen LogP contribution in [0.4, 0.5) is 4.79 Å². The minimum Gasteiger partial charge on any atom is -0.461 e. The van der Waals surface area contributed by atoms with Crippen LogP contribution in [0.3, 0.4) is 0 Å². The number of benzene rings is 1. The lowest BCUT2D eigenvalue weighted by Crippen LogP contribution is -2.48. The SMILES string of the molecule is C=C(C)OC(=O)N(CCCC(=O)OCc1ccccc1)[C@@H](CC(C)C)C(=O)OC1CCCC1. The number of carbonyl (C=O) groups excluding carboxylic acids is 3. The first-order valence-corrected chi connectivity index (χ1v) is 11.8. The number of nitrogens with zero attached hydrogens (tertiary/aromatic N) is 1. The smallest absolute Gasteiger partial charge is 0.415 e. The zero-order valence-corrected chi connectivity index (χ0v) is 20.1. The van der Waals surface area contributed by atoms with Crippen LogP contribution in [0.5, 0.6) is 0 Å². The first-order chi connectivity index (χ1) is 15.8. The Kier molecular flexibility index (Phi) is 10.9. The van der Waals surface area contributed by atoms with E-state index in [0.717, 1.165) is 31.2 Å². The van der Waals surface area contributed by atoms with Crippen molar-refractivity contribution in [3.05, 3.63) is 48.2 Å². The van der Waals surface area contributed by atoms with Crippen molar-refractivity contribution in [2.45, 2.75) is 84.5 Å². The van der Waals surface area contributed by atoms with Crippen LogP contribution >= 0.6 is 0 Å². The Morgan fingerprint density at radius 3 is 2.39 bits per heavy atom. The van der Waals surface area contributed by atoms with Crippen molar-refractivity contribution < 1.29 is 28.6 Å². The van der Waals surface area contributed by atoms with Crippen LogP contribution in [-0.4, -0.2) is 41.6 Å². The highest BCUT2D eigenvalue weighted by atomic mass is 16.6. The van der Waals surface area contributed by atoms with Crippen LogP contribution in [0.25, 0.3) is 0 Å². The Hall–Kier alpha value is -2.83. The lowest BCUT2D eigenvalue weighted by Gasteiger charge is -2.31. The van der Waals surface area contributed by atoms with Gasteiger partial charge >= 0.3 is 18.0 Å². The molecular formula is C26H37NO6. The van der Waals surface area contributed by atoms with Gasteiger partial charge in [0.05, 0.1) is 5.76 Å². The van der Waals surface area contributed by atoms with Gasteiger partial charge in [-0.3, -0.25) is 9.69 Å². The molecule has 1 aliphatic carbocycles. The van der Waals surface area contributed by atoms with Gasteiger partial charge in [0, 0.05) is 13.0 Å². The molecule has 7 nitrogen and oxygen atoms in total. The molecule has 1 amide bonds. The largest absolute Gasteiger partial charge is 0.461 e. The van der Waals surface area contributed by atoms with E-state index < -0.39 is 18.1 Å². The summed E-state index contributed by atoms with van der Waals surface area (Å²) in [6, 6.07) is 8.65. The molecule has 182 valence electrons. The summed E-state index contributed by atoms with van der Waals surface area (Å²) < 4.78 is 16.3. The van der Waals surface area contributed by atoms with Crippen molar-refractivity contribution >= 4 is 18.0 Å². The molecule has 0 radical (unpaired) electrons. The van der Waals surface area contributed by atoms with Gasteiger partial charge in [-0.05, 0) is 56.9 Å². The van der Waals surface area contributed by atoms with Crippen LogP contribution in [-0.2, 0) is 30.4 Å². The monoisotopic (exact) mass is 459 g/mol. The van der Waals surface area contributed by atoms with E-state index in [4.69, 9.17) is 14.2 Å². The van der Waals surface area contributed by atoms with Gasteiger partial charge in [-0.2, -0.15) is 0 Å². The molecule has 0 spiro atoms. The molecule has 1 aromatic rings. The fourth-order valence-corrected chi connectivity index (χ4v) is 3.83. The van der Waals surface area contributed by atoms with Crippen LogP contribution in [0.2, 0.25) is 0 Å². The molecule has 0 heterocycles. The van der Waals surface area contributed by atoms with E-state index in [1.165, 1.54) is 4.90 Å². The van der Waals surface area contributed by atoms with Crippen molar-refractivity contribution in [1.29, 1.82) is 0 Å². The van der Waals surface area contributed by atoms with Crippen LogP contribution in [0.1, 0.15) is 71.3 Å². The third-order valence-electron chi connectivity index (χ3n) is 5.45. The molecule has 0 unspecified atom stereocenters. The first kappa shape index (κ1) is 26.4. The van der Waals surface area contributed by atoms with Gasteiger partial charge in [0.25, 0.3) is 0 Å². The van der Waals surface area contributed by atoms with E-state index in [9.17, 15) is 14.4 Å². The fraction of sp³-hybridized carbons (Fsp3) is 0.577. The molecule has 1 saturated carbocycles. The number of carbonyl (C=O) groups is 3. The molecule has 1 fully saturated rings. The minimum absolute atomic E-state index is 0.0980. The second kappa shape index (κ2) is 13.7. The van der Waals surface area contributed by atoms with E-state index in [1.54, 1.807) is 6.92 Å². The zero-order valence-electron chi connectivity index (χ0n) is 20.1. The Morgan fingerprint density at radius 1 is 1.12 bits per heavy atom. The number of allylic oxidation sites excluding steroid dienone is 1. The molecular weight excluding hydrogens is 422 g/mol. The van der Waals surface area contributed by atoms with Gasteiger partial charge < -0.3 is 14.2 Å². The van der Waals surface area contributed by atoms with Crippen molar-refractivity contribution in [3.63, 3.8) is 0 Å². The Balaban J connectivity index is 2.00. The van der Waals surface area contributed by atoms with Gasteiger partial charge in [0.2, 0.25) is 0 Å². The maximum absolute atomic E-state index is 13.0. The summed E-state index contributed by atoms with van der Waals surface area (Å²) in [6.07, 6.45) is 3.93. The lowest BCUT2D eigenvalue weighted by molar-refractivity contribution is -0.155. The van der Waals surface area contributed by atoms with Crippen molar-refractivity contribution in [2.75, 3.05) is 6.54 Å². The predicted octanol–water partition coefficient (Wildman–Crippen LogP) is 5.38. The van der Waals surface area contributed by atoms with Gasteiger partial charge in [-0.1, -0.05) is 50.8 Å². The third-order valence-corrected chi connectivity index (χ3v) is 5.45. The summed E-state index contributed by atoms with van der Waals surface area (Å²) in [6.45, 7) is 9.54. The van der Waals surface area contributed by atoms with Crippen LogP contribution in [0.15, 0.2) is 42.7 Å². The molecule has 0 aromatic heterocycles. The highest BCUT2D eigenvalue weighted by Crippen LogP contribution is 2.24. The molecule has 1 aliphatic rings. The summed E-state index contributed by atoms with van der Waals surface area (Å²) in [4.78, 5) is 39.4. The van der Waals surface area contributed by atoms with Crippen LogP contribution in [0, 0.1) is 5.92 Å². The van der Waals surface area contributed by atoms with Gasteiger partial charge in [0.1, 0.15) is 18.8 Å². The number of ether oxygens (including phenoxy) is 3. The summed E-state index contributed by atoms with van der Waals surface area (Å²) >= 11 is 0. The molecule has 1 aromatic carbocycles. The lowest BCUT2D eigenvalue weighted by atomic mass is 10.0. The van der Waals surface area contributed by atoms with Crippen LogP contribution < -0.4 is 0 Å². The molecule has 0 saturated heterocycles. The van der Waals surface area contributed by atoms with E-state index in [-0.39, 0.29) is 43.3 Å².